The SMILES string of the molecule is CNC(c1ccc(F)c(Br)c1)C1COCCO1. The van der Waals surface area contributed by atoms with Gasteiger partial charge in [0.25, 0.3) is 0 Å². The third kappa shape index (κ3) is 3.04. The fraction of sp³-hybridized carbons (Fsp3) is 0.500. The molecule has 1 saturated heterocycles. The van der Waals surface area contributed by atoms with Crippen molar-refractivity contribution < 1.29 is 13.9 Å². The Labute approximate surface area is 108 Å². The van der Waals surface area contributed by atoms with Crippen molar-refractivity contribution in [3.05, 3.63) is 34.1 Å². The first-order valence-corrected chi connectivity index (χ1v) is 6.33. The van der Waals surface area contributed by atoms with Gasteiger partial charge in [0.05, 0.1) is 30.3 Å². The molecule has 2 unspecified atom stereocenters. The van der Waals surface area contributed by atoms with E-state index < -0.39 is 0 Å². The molecule has 0 aliphatic carbocycles. The Morgan fingerprint density at radius 1 is 1.47 bits per heavy atom. The number of rotatable bonds is 3. The normalized spacial score (nSPS) is 22.4. The summed E-state index contributed by atoms with van der Waals surface area (Å²) in [6, 6.07) is 4.99. The van der Waals surface area contributed by atoms with Crippen molar-refractivity contribution in [2.45, 2.75) is 12.1 Å². The van der Waals surface area contributed by atoms with Crippen LogP contribution in [0.2, 0.25) is 0 Å². The van der Waals surface area contributed by atoms with Gasteiger partial charge in [-0.1, -0.05) is 6.07 Å². The molecular formula is C12H15BrFNO2. The van der Waals surface area contributed by atoms with E-state index in [0.29, 0.717) is 24.3 Å². The van der Waals surface area contributed by atoms with Crippen LogP contribution in [0.5, 0.6) is 0 Å². The van der Waals surface area contributed by atoms with Crippen LogP contribution in [0.3, 0.4) is 0 Å². The van der Waals surface area contributed by atoms with Gasteiger partial charge in [-0.25, -0.2) is 4.39 Å². The highest BCUT2D eigenvalue weighted by Gasteiger charge is 2.25. The summed E-state index contributed by atoms with van der Waals surface area (Å²) in [5.74, 6) is -0.260. The Balaban J connectivity index is 2.18. The van der Waals surface area contributed by atoms with E-state index in [0.717, 1.165) is 5.56 Å². The number of benzene rings is 1. The molecular weight excluding hydrogens is 289 g/mol. The van der Waals surface area contributed by atoms with Crippen LogP contribution in [0.1, 0.15) is 11.6 Å². The third-order valence-corrected chi connectivity index (χ3v) is 3.43. The molecule has 94 valence electrons. The Bertz CT molecular complexity index is 383. The monoisotopic (exact) mass is 303 g/mol. The largest absolute Gasteiger partial charge is 0.376 e. The first-order chi connectivity index (χ1) is 8.22. The highest BCUT2D eigenvalue weighted by atomic mass is 79.9. The van der Waals surface area contributed by atoms with Crippen molar-refractivity contribution in [2.75, 3.05) is 26.9 Å². The van der Waals surface area contributed by atoms with Gasteiger partial charge in [-0.2, -0.15) is 0 Å². The van der Waals surface area contributed by atoms with E-state index >= 15 is 0 Å². The summed E-state index contributed by atoms with van der Waals surface area (Å²) in [7, 11) is 1.86. The fourth-order valence-corrected chi connectivity index (χ4v) is 2.37. The van der Waals surface area contributed by atoms with Gasteiger partial charge in [-0.15, -0.1) is 0 Å². The predicted octanol–water partition coefficient (Wildman–Crippen LogP) is 2.26. The highest BCUT2D eigenvalue weighted by Crippen LogP contribution is 2.25. The summed E-state index contributed by atoms with van der Waals surface area (Å²) in [5.41, 5.74) is 0.983. The van der Waals surface area contributed by atoms with E-state index in [9.17, 15) is 4.39 Å². The van der Waals surface area contributed by atoms with Crippen molar-refractivity contribution in [3.63, 3.8) is 0 Å². The van der Waals surface area contributed by atoms with Gasteiger partial charge in [0.15, 0.2) is 0 Å². The van der Waals surface area contributed by atoms with Gasteiger partial charge in [0, 0.05) is 0 Å². The topological polar surface area (TPSA) is 30.5 Å². The molecule has 2 rings (SSSR count). The quantitative estimate of drug-likeness (QED) is 0.929. The van der Waals surface area contributed by atoms with Gasteiger partial charge in [0.2, 0.25) is 0 Å². The Kier molecular flexibility index (Phi) is 4.50. The molecule has 1 fully saturated rings. The average Bonchev–Trinajstić information content (AvgIpc) is 2.36. The molecule has 0 amide bonds. The van der Waals surface area contributed by atoms with E-state index in [4.69, 9.17) is 9.47 Å². The average molecular weight is 304 g/mol. The lowest BCUT2D eigenvalue weighted by molar-refractivity contribution is -0.101. The van der Waals surface area contributed by atoms with Crippen molar-refractivity contribution in [1.82, 2.24) is 5.32 Å². The molecule has 1 aromatic carbocycles. The van der Waals surface area contributed by atoms with Crippen LogP contribution in [0.15, 0.2) is 22.7 Å². The second-order valence-electron chi connectivity index (χ2n) is 3.92. The first-order valence-electron chi connectivity index (χ1n) is 5.54. The predicted molar refractivity (Wildman–Crippen MR) is 66.5 cm³/mol. The van der Waals surface area contributed by atoms with E-state index in [1.54, 1.807) is 12.1 Å². The van der Waals surface area contributed by atoms with Crippen LogP contribution >= 0.6 is 15.9 Å². The molecule has 1 N–H and O–H groups in total. The second kappa shape index (κ2) is 5.91. The molecule has 1 aliphatic heterocycles. The molecule has 1 aromatic rings. The Hall–Kier alpha value is -0.490. The molecule has 0 saturated carbocycles. The zero-order chi connectivity index (χ0) is 12.3. The van der Waals surface area contributed by atoms with Gasteiger partial charge in [0.1, 0.15) is 11.9 Å². The number of halogens is 2. The molecule has 5 heteroatoms. The number of hydrogen-bond donors (Lipinski definition) is 1. The third-order valence-electron chi connectivity index (χ3n) is 2.83. The van der Waals surface area contributed by atoms with E-state index in [1.807, 2.05) is 7.05 Å². The maximum atomic E-state index is 13.2. The minimum Gasteiger partial charge on any atom is -0.376 e. The summed E-state index contributed by atoms with van der Waals surface area (Å²) >= 11 is 3.19. The lowest BCUT2D eigenvalue weighted by atomic mass is 10.0. The zero-order valence-electron chi connectivity index (χ0n) is 9.58. The number of hydrogen-bond acceptors (Lipinski definition) is 3. The Morgan fingerprint density at radius 2 is 2.29 bits per heavy atom. The summed E-state index contributed by atoms with van der Waals surface area (Å²) in [4.78, 5) is 0. The second-order valence-corrected chi connectivity index (χ2v) is 4.78. The van der Waals surface area contributed by atoms with Crippen molar-refractivity contribution in [1.29, 1.82) is 0 Å². The van der Waals surface area contributed by atoms with Crippen molar-refractivity contribution in [2.24, 2.45) is 0 Å². The lowest BCUT2D eigenvalue weighted by Crippen LogP contribution is -2.39. The van der Waals surface area contributed by atoms with Crippen LogP contribution in [-0.2, 0) is 9.47 Å². The van der Waals surface area contributed by atoms with E-state index in [1.165, 1.54) is 6.07 Å². The molecule has 17 heavy (non-hydrogen) atoms. The van der Waals surface area contributed by atoms with Crippen LogP contribution in [0.4, 0.5) is 4.39 Å². The van der Waals surface area contributed by atoms with Gasteiger partial charge in [-0.3, -0.25) is 0 Å². The zero-order valence-corrected chi connectivity index (χ0v) is 11.2. The van der Waals surface area contributed by atoms with E-state index in [2.05, 4.69) is 21.2 Å². The molecule has 0 radical (unpaired) electrons. The summed E-state index contributed by atoms with van der Waals surface area (Å²) in [6.45, 7) is 1.80. The summed E-state index contributed by atoms with van der Waals surface area (Å²) in [5, 5.41) is 3.19. The first kappa shape index (κ1) is 13.0. The highest BCUT2D eigenvalue weighted by molar-refractivity contribution is 9.10. The van der Waals surface area contributed by atoms with Gasteiger partial charge < -0.3 is 14.8 Å². The van der Waals surface area contributed by atoms with Crippen LogP contribution < -0.4 is 5.32 Å². The van der Waals surface area contributed by atoms with Crippen LogP contribution in [0.25, 0.3) is 0 Å². The van der Waals surface area contributed by atoms with Gasteiger partial charge in [-0.05, 0) is 40.7 Å². The van der Waals surface area contributed by atoms with Crippen LogP contribution in [0, 0.1) is 5.82 Å². The standard InChI is InChI=1S/C12H15BrFNO2/c1-15-12(11-7-16-4-5-17-11)8-2-3-10(14)9(13)6-8/h2-3,6,11-12,15H,4-5,7H2,1H3. The molecule has 1 heterocycles. The molecule has 1 aliphatic rings. The molecule has 0 bridgehead atoms. The number of ether oxygens (including phenoxy) is 2. The molecule has 0 aromatic heterocycles. The van der Waals surface area contributed by atoms with Crippen LogP contribution in [-0.4, -0.2) is 33.0 Å². The van der Waals surface area contributed by atoms with Crippen molar-refractivity contribution >= 4 is 15.9 Å². The lowest BCUT2D eigenvalue weighted by Gasteiger charge is -2.30. The molecule has 0 spiro atoms. The number of nitrogens with one attached hydrogen (secondary N) is 1. The maximum Gasteiger partial charge on any atom is 0.137 e. The minimum atomic E-state index is -0.260. The van der Waals surface area contributed by atoms with Crippen molar-refractivity contribution in [3.8, 4) is 0 Å². The minimum absolute atomic E-state index is 0.00667. The smallest absolute Gasteiger partial charge is 0.137 e. The fourth-order valence-electron chi connectivity index (χ4n) is 1.97. The Morgan fingerprint density at radius 3 is 2.88 bits per heavy atom. The van der Waals surface area contributed by atoms with Gasteiger partial charge >= 0.3 is 0 Å². The molecule has 3 nitrogen and oxygen atoms in total. The maximum absolute atomic E-state index is 13.2. The summed E-state index contributed by atoms with van der Waals surface area (Å²) < 4.78 is 24.7. The van der Waals surface area contributed by atoms with E-state index in [-0.39, 0.29) is 18.0 Å². The summed E-state index contributed by atoms with van der Waals surface area (Å²) in [6.07, 6.45) is -0.0360. The number of likely N-dealkylation sites (N-methyl/N-ethyl adjacent to an activating group) is 1. The molecule has 2 atom stereocenters.